The van der Waals surface area contributed by atoms with Gasteiger partial charge in [0.2, 0.25) is 11.7 Å². The van der Waals surface area contributed by atoms with Crippen LogP contribution >= 0.6 is 11.8 Å². The third kappa shape index (κ3) is 4.32. The molecule has 0 unspecified atom stereocenters. The molecule has 180 valence electrons. The van der Waals surface area contributed by atoms with E-state index in [1.165, 1.54) is 43.9 Å². The van der Waals surface area contributed by atoms with E-state index in [2.05, 4.69) is 10.5 Å². The highest BCUT2D eigenvalue weighted by molar-refractivity contribution is 7.99. The number of ether oxygens (including phenoxy) is 1. The Morgan fingerprint density at radius 1 is 1.12 bits per heavy atom. The Kier molecular flexibility index (Phi) is 6.01. The van der Waals surface area contributed by atoms with Crippen molar-refractivity contribution in [2.45, 2.75) is 60.8 Å². The van der Waals surface area contributed by atoms with Gasteiger partial charge in [0.1, 0.15) is 11.5 Å². The second kappa shape index (κ2) is 9.29. The highest BCUT2D eigenvalue weighted by Gasteiger charge is 2.49. The van der Waals surface area contributed by atoms with Crippen molar-refractivity contribution in [3.05, 3.63) is 36.1 Å². The molecule has 1 N–H and O–H groups in total. The van der Waals surface area contributed by atoms with Crippen molar-refractivity contribution in [3.63, 3.8) is 0 Å². The van der Waals surface area contributed by atoms with Gasteiger partial charge in [0.25, 0.3) is 11.8 Å². The number of benzene rings is 1. The molecule has 0 radical (unpaired) electrons. The first kappa shape index (κ1) is 22.0. The van der Waals surface area contributed by atoms with Crippen LogP contribution in [0.5, 0.6) is 5.88 Å². The van der Waals surface area contributed by atoms with Crippen molar-refractivity contribution in [2.75, 3.05) is 19.7 Å². The largest absolute Gasteiger partial charge is 0.473 e. The maximum Gasteiger partial charge on any atom is 0.291 e. The highest BCUT2D eigenvalue weighted by atomic mass is 32.2. The SMILES string of the molecule is O=C(NC1C2CC3CC(C2)CC1C3)c1onc(OCCN2CCCC2=O)c1Sc1ccccc1. The molecule has 5 fully saturated rings. The average molecular weight is 482 g/mol. The van der Waals surface area contributed by atoms with Gasteiger partial charge in [-0.3, -0.25) is 9.59 Å². The number of likely N-dealkylation sites (tertiary alicyclic amines) is 1. The lowest BCUT2D eigenvalue weighted by molar-refractivity contribution is -0.128. The molecule has 1 aromatic carbocycles. The second-order valence-corrected chi connectivity index (χ2v) is 11.4. The summed E-state index contributed by atoms with van der Waals surface area (Å²) < 4.78 is 11.5. The monoisotopic (exact) mass is 481 g/mol. The van der Waals surface area contributed by atoms with Gasteiger partial charge in [-0.2, -0.15) is 0 Å². The van der Waals surface area contributed by atoms with Gasteiger partial charge < -0.3 is 19.5 Å². The summed E-state index contributed by atoms with van der Waals surface area (Å²) in [6.45, 7) is 1.60. The molecule has 1 saturated heterocycles. The normalized spacial score (nSPS) is 29.6. The maximum atomic E-state index is 13.4. The zero-order valence-corrected chi connectivity index (χ0v) is 20.1. The van der Waals surface area contributed by atoms with E-state index in [1.54, 1.807) is 0 Å². The van der Waals surface area contributed by atoms with Crippen LogP contribution in [0.15, 0.2) is 44.6 Å². The molecule has 4 bridgehead atoms. The van der Waals surface area contributed by atoms with Crippen LogP contribution in [0, 0.1) is 23.7 Å². The number of hydrogen-bond donors (Lipinski definition) is 1. The molecule has 0 atom stereocenters. The molecular formula is C26H31N3O4S. The number of carbonyl (C=O) groups is 2. The fourth-order valence-corrected chi connectivity index (χ4v) is 7.71. The predicted octanol–water partition coefficient (Wildman–Crippen LogP) is 4.38. The van der Waals surface area contributed by atoms with Gasteiger partial charge in [0, 0.05) is 23.9 Å². The van der Waals surface area contributed by atoms with Gasteiger partial charge in [0.15, 0.2) is 0 Å². The van der Waals surface area contributed by atoms with Crippen LogP contribution in [0.25, 0.3) is 0 Å². The van der Waals surface area contributed by atoms with E-state index in [4.69, 9.17) is 9.26 Å². The zero-order chi connectivity index (χ0) is 23.1. The second-order valence-electron chi connectivity index (χ2n) is 10.3. The van der Waals surface area contributed by atoms with Crippen molar-refractivity contribution >= 4 is 23.6 Å². The minimum absolute atomic E-state index is 0.165. The molecule has 5 aliphatic rings. The van der Waals surface area contributed by atoms with Gasteiger partial charge in [0.05, 0.1) is 6.54 Å². The number of carbonyl (C=O) groups excluding carboxylic acids is 2. The summed E-state index contributed by atoms with van der Waals surface area (Å²) in [4.78, 5) is 28.7. The minimum atomic E-state index is -0.201. The molecule has 2 amide bonds. The predicted molar refractivity (Wildman–Crippen MR) is 127 cm³/mol. The standard InChI is InChI=1S/C26H31N3O4S/c30-21-7-4-8-29(21)9-10-32-26-24(34-20-5-2-1-3-6-20)23(33-28-26)25(31)27-22-18-12-16-11-17(14-18)15-19(22)13-16/h1-3,5-6,16-19,22H,4,7-15H2,(H,27,31). The van der Waals surface area contributed by atoms with Gasteiger partial charge in [-0.15, -0.1) is 0 Å². The molecule has 4 aliphatic carbocycles. The van der Waals surface area contributed by atoms with Crippen molar-refractivity contribution in [3.8, 4) is 5.88 Å². The Labute approximate surface area is 204 Å². The molecule has 8 heteroatoms. The average Bonchev–Trinajstić information content (AvgIpc) is 3.42. The van der Waals surface area contributed by atoms with E-state index in [0.717, 1.165) is 29.7 Å². The van der Waals surface area contributed by atoms with E-state index in [1.807, 2.05) is 35.2 Å². The Morgan fingerprint density at radius 2 is 1.85 bits per heavy atom. The van der Waals surface area contributed by atoms with E-state index in [0.29, 0.717) is 42.2 Å². The van der Waals surface area contributed by atoms with Crippen LogP contribution in [0.4, 0.5) is 0 Å². The third-order valence-corrected chi connectivity index (χ3v) is 9.16. The molecule has 2 heterocycles. The molecule has 1 aliphatic heterocycles. The van der Waals surface area contributed by atoms with E-state index in [-0.39, 0.29) is 23.6 Å². The van der Waals surface area contributed by atoms with Crippen molar-refractivity contribution in [1.29, 1.82) is 0 Å². The molecule has 2 aromatic rings. The van der Waals surface area contributed by atoms with Crippen LogP contribution in [-0.2, 0) is 4.79 Å². The number of nitrogens with one attached hydrogen (secondary N) is 1. The Hall–Kier alpha value is -2.48. The summed E-state index contributed by atoms with van der Waals surface area (Å²) in [5.74, 6) is 3.38. The number of nitrogens with zero attached hydrogens (tertiary/aromatic N) is 2. The molecule has 34 heavy (non-hydrogen) atoms. The van der Waals surface area contributed by atoms with Crippen LogP contribution < -0.4 is 10.1 Å². The minimum Gasteiger partial charge on any atom is -0.473 e. The maximum absolute atomic E-state index is 13.4. The molecule has 1 aromatic heterocycles. The smallest absolute Gasteiger partial charge is 0.291 e. The summed E-state index contributed by atoms with van der Waals surface area (Å²) in [5.41, 5.74) is 0. The summed E-state index contributed by atoms with van der Waals surface area (Å²) >= 11 is 1.43. The van der Waals surface area contributed by atoms with E-state index in [9.17, 15) is 9.59 Å². The van der Waals surface area contributed by atoms with Crippen molar-refractivity contribution < 1.29 is 18.8 Å². The van der Waals surface area contributed by atoms with Crippen LogP contribution in [0.1, 0.15) is 55.5 Å². The van der Waals surface area contributed by atoms with E-state index < -0.39 is 0 Å². The lowest BCUT2D eigenvalue weighted by atomic mass is 9.54. The quantitative estimate of drug-likeness (QED) is 0.602. The number of aromatic nitrogens is 1. The number of hydrogen-bond acceptors (Lipinski definition) is 6. The molecule has 4 saturated carbocycles. The molecular weight excluding hydrogens is 450 g/mol. The lowest BCUT2D eigenvalue weighted by Crippen LogP contribution is -2.55. The van der Waals surface area contributed by atoms with Crippen LogP contribution in [0.2, 0.25) is 0 Å². The van der Waals surface area contributed by atoms with Gasteiger partial charge in [-0.1, -0.05) is 30.0 Å². The topological polar surface area (TPSA) is 84.7 Å². The first-order chi connectivity index (χ1) is 16.6. The number of amides is 2. The highest BCUT2D eigenvalue weighted by Crippen LogP contribution is 2.53. The Morgan fingerprint density at radius 3 is 2.53 bits per heavy atom. The van der Waals surface area contributed by atoms with E-state index >= 15 is 0 Å². The van der Waals surface area contributed by atoms with Crippen molar-refractivity contribution in [1.82, 2.24) is 15.4 Å². The molecule has 7 rings (SSSR count). The van der Waals surface area contributed by atoms with Gasteiger partial charge in [-0.25, -0.2) is 0 Å². The first-order valence-corrected chi connectivity index (χ1v) is 13.4. The Balaban J connectivity index is 1.18. The van der Waals surface area contributed by atoms with Crippen LogP contribution in [-0.4, -0.2) is 47.6 Å². The Bertz CT molecular complexity index is 1030. The summed E-state index contributed by atoms with van der Waals surface area (Å²) in [6.07, 6.45) is 7.85. The fourth-order valence-electron chi connectivity index (χ4n) is 6.77. The lowest BCUT2D eigenvalue weighted by Gasteiger charge is -2.54. The molecule has 0 spiro atoms. The third-order valence-electron chi connectivity index (χ3n) is 8.09. The van der Waals surface area contributed by atoms with Crippen LogP contribution in [0.3, 0.4) is 0 Å². The van der Waals surface area contributed by atoms with Gasteiger partial charge in [-0.05, 0) is 79.5 Å². The number of rotatable bonds is 8. The van der Waals surface area contributed by atoms with Crippen molar-refractivity contribution in [2.24, 2.45) is 23.7 Å². The molecule has 7 nitrogen and oxygen atoms in total. The summed E-state index contributed by atoms with van der Waals surface area (Å²) in [7, 11) is 0. The summed E-state index contributed by atoms with van der Waals surface area (Å²) in [5, 5.41) is 7.45. The summed E-state index contributed by atoms with van der Waals surface area (Å²) in [6, 6.07) is 10.1. The zero-order valence-electron chi connectivity index (χ0n) is 19.3. The first-order valence-electron chi connectivity index (χ1n) is 12.6. The fraction of sp³-hybridized carbons (Fsp3) is 0.577. The van der Waals surface area contributed by atoms with Gasteiger partial charge >= 0.3 is 0 Å².